The summed E-state index contributed by atoms with van der Waals surface area (Å²) in [4.78, 5) is 0. The first kappa shape index (κ1) is 16.7. The van der Waals surface area contributed by atoms with Gasteiger partial charge in [-0.3, -0.25) is 5.32 Å². The maximum atomic E-state index is 9.55. The van der Waals surface area contributed by atoms with Crippen LogP contribution >= 0.6 is 0 Å². The topological polar surface area (TPSA) is 45.0 Å². The van der Waals surface area contributed by atoms with Crippen LogP contribution in [0, 0.1) is 17.2 Å². The van der Waals surface area contributed by atoms with E-state index in [1.54, 1.807) is 0 Å². The molecule has 2 unspecified atom stereocenters. The largest absolute Gasteiger partial charge is 0.381 e. The molecule has 0 aliphatic carbocycles. The molecule has 0 fully saturated rings. The van der Waals surface area contributed by atoms with Gasteiger partial charge >= 0.3 is 0 Å². The fourth-order valence-electron chi connectivity index (χ4n) is 2.40. The summed E-state index contributed by atoms with van der Waals surface area (Å²) in [6.07, 6.45) is 3.03. The smallest absolute Gasteiger partial charge is 0.134 e. The van der Waals surface area contributed by atoms with Gasteiger partial charge in [0, 0.05) is 19.6 Å². The molecule has 1 N–H and O–H groups in total. The lowest BCUT2D eigenvalue weighted by Crippen LogP contribution is -2.39. The van der Waals surface area contributed by atoms with Gasteiger partial charge in [0.1, 0.15) is 5.54 Å². The Kier molecular flexibility index (Phi) is 7.28. The second-order valence-corrected chi connectivity index (χ2v) is 5.35. The van der Waals surface area contributed by atoms with Crippen molar-refractivity contribution in [1.29, 1.82) is 5.26 Å². The first-order valence-electron chi connectivity index (χ1n) is 7.42. The molecular formula is C17H26N2O. The van der Waals surface area contributed by atoms with Crippen LogP contribution in [0.4, 0.5) is 0 Å². The Morgan fingerprint density at radius 2 is 2.05 bits per heavy atom. The fraction of sp³-hybridized carbons (Fsp3) is 0.588. The second-order valence-electron chi connectivity index (χ2n) is 5.35. The molecule has 0 bridgehead atoms. The Morgan fingerprint density at radius 1 is 1.35 bits per heavy atom. The highest BCUT2D eigenvalue weighted by Crippen LogP contribution is 2.24. The zero-order valence-corrected chi connectivity index (χ0v) is 12.9. The molecule has 0 aromatic heterocycles. The normalized spacial score (nSPS) is 15.3. The fourth-order valence-corrected chi connectivity index (χ4v) is 2.40. The molecule has 110 valence electrons. The zero-order chi connectivity index (χ0) is 14.8. The van der Waals surface area contributed by atoms with E-state index in [-0.39, 0.29) is 0 Å². The Morgan fingerprint density at radius 3 is 2.60 bits per heavy atom. The van der Waals surface area contributed by atoms with E-state index in [4.69, 9.17) is 4.74 Å². The predicted octanol–water partition coefficient (Wildman–Crippen LogP) is 3.47. The van der Waals surface area contributed by atoms with Gasteiger partial charge in [-0.1, -0.05) is 50.6 Å². The lowest BCUT2D eigenvalue weighted by molar-refractivity contribution is 0.0882. The maximum absolute atomic E-state index is 9.55. The van der Waals surface area contributed by atoms with Crippen LogP contribution in [0.15, 0.2) is 30.3 Å². The van der Waals surface area contributed by atoms with Crippen molar-refractivity contribution >= 4 is 0 Å². The number of ether oxygens (including phenoxy) is 1. The van der Waals surface area contributed by atoms with Crippen molar-refractivity contribution in [3.05, 3.63) is 35.9 Å². The number of benzene rings is 1. The number of nitrogens with zero attached hydrogens (tertiary/aromatic N) is 1. The summed E-state index contributed by atoms with van der Waals surface area (Å²) < 4.78 is 5.74. The van der Waals surface area contributed by atoms with E-state index in [0.29, 0.717) is 18.9 Å². The minimum Gasteiger partial charge on any atom is -0.381 e. The highest BCUT2D eigenvalue weighted by atomic mass is 16.5. The lowest BCUT2D eigenvalue weighted by Gasteiger charge is -2.26. The lowest BCUT2D eigenvalue weighted by atomic mass is 9.88. The third kappa shape index (κ3) is 4.63. The molecule has 0 radical (unpaired) electrons. The first-order chi connectivity index (χ1) is 9.68. The Balaban J connectivity index is 2.55. The minimum absolute atomic E-state index is 0.586. The standard InChI is InChI=1S/C17H26N2O/c1-4-8-15(2)13-20-12-11-17(14-18,19-3)16-9-6-5-7-10-16/h5-7,9-10,15,19H,4,8,11-13H2,1-3H3. The van der Waals surface area contributed by atoms with Crippen molar-refractivity contribution in [2.45, 2.75) is 38.6 Å². The molecule has 3 nitrogen and oxygen atoms in total. The molecule has 0 amide bonds. The Labute approximate surface area is 123 Å². The van der Waals surface area contributed by atoms with Gasteiger partial charge in [-0.15, -0.1) is 0 Å². The summed E-state index contributed by atoms with van der Waals surface area (Å²) in [5.74, 6) is 0.586. The molecule has 0 heterocycles. The highest BCUT2D eigenvalue weighted by Gasteiger charge is 2.29. The van der Waals surface area contributed by atoms with E-state index < -0.39 is 5.54 Å². The van der Waals surface area contributed by atoms with E-state index >= 15 is 0 Å². The second kappa shape index (κ2) is 8.73. The van der Waals surface area contributed by atoms with Crippen molar-refractivity contribution in [2.24, 2.45) is 5.92 Å². The summed E-state index contributed by atoms with van der Waals surface area (Å²) in [6, 6.07) is 12.3. The van der Waals surface area contributed by atoms with Gasteiger partial charge in [0.15, 0.2) is 0 Å². The predicted molar refractivity (Wildman–Crippen MR) is 82.3 cm³/mol. The summed E-state index contributed by atoms with van der Waals surface area (Å²) in [6.45, 7) is 5.76. The van der Waals surface area contributed by atoms with Crippen molar-refractivity contribution < 1.29 is 4.74 Å². The van der Waals surface area contributed by atoms with Gasteiger partial charge in [0.05, 0.1) is 6.07 Å². The van der Waals surface area contributed by atoms with Crippen molar-refractivity contribution in [1.82, 2.24) is 5.32 Å². The molecule has 1 rings (SSSR count). The summed E-state index contributed by atoms with van der Waals surface area (Å²) in [5.41, 5.74) is 0.338. The van der Waals surface area contributed by atoms with Crippen LogP contribution < -0.4 is 5.32 Å². The average molecular weight is 274 g/mol. The van der Waals surface area contributed by atoms with Crippen molar-refractivity contribution in [3.63, 3.8) is 0 Å². The molecule has 0 aliphatic heterocycles. The van der Waals surface area contributed by atoms with Crippen LogP contribution in [0.3, 0.4) is 0 Å². The van der Waals surface area contributed by atoms with Crippen molar-refractivity contribution in [3.8, 4) is 6.07 Å². The average Bonchev–Trinajstić information content (AvgIpc) is 2.49. The number of rotatable bonds is 9. The minimum atomic E-state index is -0.657. The molecule has 3 heteroatoms. The first-order valence-corrected chi connectivity index (χ1v) is 7.42. The SMILES string of the molecule is CCCC(C)COCCC(C#N)(NC)c1ccccc1. The molecule has 20 heavy (non-hydrogen) atoms. The molecular weight excluding hydrogens is 248 g/mol. The zero-order valence-electron chi connectivity index (χ0n) is 12.9. The third-order valence-corrected chi connectivity index (χ3v) is 3.69. The van der Waals surface area contributed by atoms with E-state index in [1.165, 1.54) is 12.8 Å². The van der Waals surface area contributed by atoms with E-state index in [2.05, 4.69) is 25.2 Å². The molecule has 1 aromatic carbocycles. The summed E-state index contributed by atoms with van der Waals surface area (Å²) in [7, 11) is 1.83. The van der Waals surface area contributed by atoms with Gasteiger partial charge < -0.3 is 4.74 Å². The summed E-state index contributed by atoms with van der Waals surface area (Å²) >= 11 is 0. The number of nitrogens with one attached hydrogen (secondary N) is 1. The van der Waals surface area contributed by atoms with Gasteiger partial charge in [0.25, 0.3) is 0 Å². The van der Waals surface area contributed by atoms with Crippen LogP contribution in [0.5, 0.6) is 0 Å². The quantitative estimate of drug-likeness (QED) is 0.701. The molecule has 1 aromatic rings. The van der Waals surface area contributed by atoms with Crippen LogP contribution in [-0.2, 0) is 10.3 Å². The molecule has 0 saturated carbocycles. The third-order valence-electron chi connectivity index (χ3n) is 3.69. The molecule has 0 aliphatic rings. The van der Waals surface area contributed by atoms with Crippen molar-refractivity contribution in [2.75, 3.05) is 20.3 Å². The number of nitriles is 1. The van der Waals surface area contributed by atoms with E-state index in [1.807, 2.05) is 37.4 Å². The van der Waals surface area contributed by atoms with E-state index in [0.717, 1.165) is 12.2 Å². The van der Waals surface area contributed by atoms with Gasteiger partial charge in [-0.05, 0) is 24.9 Å². The van der Waals surface area contributed by atoms with Crippen LogP contribution in [0.1, 0.15) is 38.7 Å². The Bertz CT molecular complexity index is 413. The summed E-state index contributed by atoms with van der Waals surface area (Å²) in [5, 5.41) is 12.7. The Hall–Kier alpha value is -1.37. The van der Waals surface area contributed by atoms with Crippen LogP contribution in [0.2, 0.25) is 0 Å². The van der Waals surface area contributed by atoms with Crippen LogP contribution in [-0.4, -0.2) is 20.3 Å². The van der Waals surface area contributed by atoms with Crippen LogP contribution in [0.25, 0.3) is 0 Å². The van der Waals surface area contributed by atoms with E-state index in [9.17, 15) is 5.26 Å². The van der Waals surface area contributed by atoms with Gasteiger partial charge in [-0.25, -0.2) is 0 Å². The molecule has 0 saturated heterocycles. The highest BCUT2D eigenvalue weighted by molar-refractivity contribution is 5.31. The molecule has 0 spiro atoms. The molecule has 2 atom stereocenters. The monoisotopic (exact) mass is 274 g/mol. The maximum Gasteiger partial charge on any atom is 0.134 e. The number of hydrogen-bond donors (Lipinski definition) is 1. The van der Waals surface area contributed by atoms with Gasteiger partial charge in [-0.2, -0.15) is 5.26 Å². The number of hydrogen-bond acceptors (Lipinski definition) is 3. The van der Waals surface area contributed by atoms with Gasteiger partial charge in [0.2, 0.25) is 0 Å².